The number of hydrogen-bond acceptors (Lipinski definition) is 4. The third-order valence-corrected chi connectivity index (χ3v) is 3.16. The fraction of sp³-hybridized carbons (Fsp3) is 0.867. The van der Waals surface area contributed by atoms with Gasteiger partial charge in [0.2, 0.25) is 11.7 Å². The summed E-state index contributed by atoms with van der Waals surface area (Å²) in [5.74, 6) is -2.24. The van der Waals surface area contributed by atoms with Gasteiger partial charge < -0.3 is 20.5 Å². The maximum atomic E-state index is 11.6. The molecule has 0 heterocycles. The van der Waals surface area contributed by atoms with Gasteiger partial charge >= 0.3 is 0 Å². The minimum absolute atomic E-state index is 0.0403. The van der Waals surface area contributed by atoms with Crippen molar-refractivity contribution in [2.24, 2.45) is 0 Å². The molecule has 0 spiro atoms. The fourth-order valence-electron chi connectivity index (χ4n) is 1.91. The number of nitrogens with one attached hydrogen (secondary N) is 2. The SMILES string of the molecule is CCCCNC(=O)CCCCOC(O)(CCC)C(=O)NC. The maximum absolute atomic E-state index is 11.6. The minimum atomic E-state index is -1.76. The topological polar surface area (TPSA) is 87.7 Å². The lowest BCUT2D eigenvalue weighted by Crippen LogP contribution is -2.47. The lowest BCUT2D eigenvalue weighted by Gasteiger charge is -2.25. The smallest absolute Gasteiger partial charge is 0.279 e. The molecule has 0 aliphatic rings. The molecule has 124 valence electrons. The zero-order chi connectivity index (χ0) is 16.1. The monoisotopic (exact) mass is 302 g/mol. The Bertz CT molecular complexity index is 310. The van der Waals surface area contributed by atoms with Crippen LogP contribution < -0.4 is 10.6 Å². The van der Waals surface area contributed by atoms with Crippen LogP contribution in [0.1, 0.15) is 58.8 Å². The van der Waals surface area contributed by atoms with Crippen LogP contribution in [0.5, 0.6) is 0 Å². The van der Waals surface area contributed by atoms with E-state index in [-0.39, 0.29) is 18.9 Å². The van der Waals surface area contributed by atoms with E-state index in [0.29, 0.717) is 25.7 Å². The quantitative estimate of drug-likeness (QED) is 0.375. The van der Waals surface area contributed by atoms with Crippen molar-refractivity contribution in [3.63, 3.8) is 0 Å². The Balaban J connectivity index is 3.86. The van der Waals surface area contributed by atoms with Crippen molar-refractivity contribution in [3.05, 3.63) is 0 Å². The third-order valence-electron chi connectivity index (χ3n) is 3.16. The van der Waals surface area contributed by atoms with Crippen LogP contribution in [0.25, 0.3) is 0 Å². The number of unbranched alkanes of at least 4 members (excludes halogenated alkanes) is 2. The van der Waals surface area contributed by atoms with Crippen molar-refractivity contribution < 1.29 is 19.4 Å². The van der Waals surface area contributed by atoms with Crippen LogP contribution >= 0.6 is 0 Å². The Morgan fingerprint density at radius 3 is 2.43 bits per heavy atom. The van der Waals surface area contributed by atoms with Gasteiger partial charge in [0.1, 0.15) is 0 Å². The van der Waals surface area contributed by atoms with Crippen LogP contribution in [0.3, 0.4) is 0 Å². The summed E-state index contributed by atoms with van der Waals surface area (Å²) in [6, 6.07) is 0. The first-order valence-electron chi connectivity index (χ1n) is 7.85. The molecular weight excluding hydrogens is 272 g/mol. The summed E-state index contributed by atoms with van der Waals surface area (Å²) < 4.78 is 5.31. The van der Waals surface area contributed by atoms with E-state index in [0.717, 1.165) is 19.4 Å². The van der Waals surface area contributed by atoms with Crippen molar-refractivity contribution in [2.45, 2.75) is 64.6 Å². The zero-order valence-electron chi connectivity index (χ0n) is 13.5. The number of hydrogen-bond donors (Lipinski definition) is 3. The van der Waals surface area contributed by atoms with Gasteiger partial charge in [-0.15, -0.1) is 0 Å². The standard InChI is InChI=1S/C15H30N2O4/c1-4-6-11-17-13(18)9-7-8-12-21-15(20,10-5-2)14(19)16-3/h20H,4-12H2,1-3H3,(H,16,19)(H,17,18). The molecule has 6 heteroatoms. The molecule has 0 aliphatic carbocycles. The molecule has 0 aromatic heterocycles. The second kappa shape index (κ2) is 11.5. The van der Waals surface area contributed by atoms with Crippen molar-refractivity contribution in [2.75, 3.05) is 20.2 Å². The molecule has 0 aromatic carbocycles. The summed E-state index contributed by atoms with van der Waals surface area (Å²) in [5, 5.41) is 15.4. The van der Waals surface area contributed by atoms with Gasteiger partial charge in [0.15, 0.2) is 0 Å². The Labute approximate surface area is 127 Å². The maximum Gasteiger partial charge on any atom is 0.279 e. The summed E-state index contributed by atoms with van der Waals surface area (Å²) in [6.45, 7) is 4.93. The van der Waals surface area contributed by atoms with Gasteiger partial charge in [0.05, 0.1) is 6.61 Å². The molecule has 2 amide bonds. The van der Waals surface area contributed by atoms with Gasteiger partial charge in [-0.1, -0.05) is 26.7 Å². The van der Waals surface area contributed by atoms with E-state index in [1.807, 2.05) is 6.92 Å². The molecule has 3 N–H and O–H groups in total. The van der Waals surface area contributed by atoms with Crippen molar-refractivity contribution in [3.8, 4) is 0 Å². The number of ether oxygens (including phenoxy) is 1. The second-order valence-corrected chi connectivity index (χ2v) is 5.12. The fourth-order valence-corrected chi connectivity index (χ4v) is 1.91. The van der Waals surface area contributed by atoms with E-state index < -0.39 is 11.7 Å². The van der Waals surface area contributed by atoms with Crippen LogP contribution in [0, 0.1) is 0 Å². The number of rotatable bonds is 12. The highest BCUT2D eigenvalue weighted by Crippen LogP contribution is 2.16. The largest absolute Gasteiger partial charge is 0.358 e. The highest BCUT2D eigenvalue weighted by atomic mass is 16.6. The van der Waals surface area contributed by atoms with E-state index in [1.54, 1.807) is 0 Å². The van der Waals surface area contributed by atoms with Crippen LogP contribution in [0.2, 0.25) is 0 Å². The van der Waals surface area contributed by atoms with E-state index in [1.165, 1.54) is 7.05 Å². The van der Waals surface area contributed by atoms with Gasteiger partial charge in [-0.3, -0.25) is 9.59 Å². The Morgan fingerprint density at radius 2 is 1.86 bits per heavy atom. The lowest BCUT2D eigenvalue weighted by molar-refractivity contribution is -0.210. The molecule has 1 atom stereocenters. The van der Waals surface area contributed by atoms with E-state index in [2.05, 4.69) is 17.6 Å². The zero-order valence-corrected chi connectivity index (χ0v) is 13.5. The van der Waals surface area contributed by atoms with Crippen LogP contribution in [-0.4, -0.2) is 42.9 Å². The summed E-state index contributed by atoms with van der Waals surface area (Å²) in [7, 11) is 1.47. The van der Waals surface area contributed by atoms with E-state index in [9.17, 15) is 14.7 Å². The van der Waals surface area contributed by atoms with Gasteiger partial charge in [0, 0.05) is 26.4 Å². The number of aliphatic hydroxyl groups is 1. The predicted octanol–water partition coefficient (Wildman–Crippen LogP) is 1.32. The van der Waals surface area contributed by atoms with Gasteiger partial charge in [-0.25, -0.2) is 0 Å². The molecule has 1 unspecified atom stereocenters. The molecule has 0 bridgehead atoms. The Hall–Kier alpha value is -1.14. The van der Waals surface area contributed by atoms with Crippen molar-refractivity contribution >= 4 is 11.8 Å². The highest BCUT2D eigenvalue weighted by molar-refractivity contribution is 5.83. The average Bonchev–Trinajstić information content (AvgIpc) is 2.46. The number of amides is 2. The Kier molecular flexibility index (Phi) is 10.9. The predicted molar refractivity (Wildman–Crippen MR) is 81.6 cm³/mol. The Morgan fingerprint density at radius 1 is 1.14 bits per heavy atom. The minimum Gasteiger partial charge on any atom is -0.358 e. The van der Waals surface area contributed by atoms with Gasteiger partial charge in [-0.05, 0) is 19.3 Å². The van der Waals surface area contributed by atoms with Crippen LogP contribution in [-0.2, 0) is 14.3 Å². The van der Waals surface area contributed by atoms with Crippen molar-refractivity contribution in [1.82, 2.24) is 10.6 Å². The first-order valence-corrected chi connectivity index (χ1v) is 7.85. The average molecular weight is 302 g/mol. The molecule has 0 rings (SSSR count). The third kappa shape index (κ3) is 8.67. The van der Waals surface area contributed by atoms with Crippen LogP contribution in [0.15, 0.2) is 0 Å². The molecule has 0 radical (unpaired) electrons. The summed E-state index contributed by atoms with van der Waals surface area (Å²) in [6.07, 6.45) is 4.69. The van der Waals surface area contributed by atoms with Gasteiger partial charge in [-0.2, -0.15) is 0 Å². The first-order chi connectivity index (χ1) is 10.00. The number of likely N-dealkylation sites (N-methyl/N-ethyl adjacent to an activating group) is 1. The summed E-state index contributed by atoms with van der Waals surface area (Å²) in [5.41, 5.74) is 0. The first kappa shape index (κ1) is 19.9. The molecule has 6 nitrogen and oxygen atoms in total. The normalized spacial score (nSPS) is 13.5. The van der Waals surface area contributed by atoms with Gasteiger partial charge in [0.25, 0.3) is 5.91 Å². The molecule has 0 aromatic rings. The molecule has 0 saturated carbocycles. The van der Waals surface area contributed by atoms with Crippen LogP contribution in [0.4, 0.5) is 0 Å². The second-order valence-electron chi connectivity index (χ2n) is 5.12. The summed E-state index contributed by atoms with van der Waals surface area (Å²) >= 11 is 0. The molecule has 21 heavy (non-hydrogen) atoms. The molecule has 0 aliphatic heterocycles. The van der Waals surface area contributed by atoms with E-state index >= 15 is 0 Å². The molecular formula is C15H30N2O4. The number of carbonyl (C=O) groups is 2. The highest BCUT2D eigenvalue weighted by Gasteiger charge is 2.35. The number of carbonyl (C=O) groups excluding carboxylic acids is 2. The molecule has 0 saturated heterocycles. The van der Waals surface area contributed by atoms with E-state index in [4.69, 9.17) is 4.74 Å². The summed E-state index contributed by atoms with van der Waals surface area (Å²) in [4.78, 5) is 23.1. The molecule has 0 fully saturated rings. The lowest BCUT2D eigenvalue weighted by atomic mass is 10.1. The van der Waals surface area contributed by atoms with Crippen molar-refractivity contribution in [1.29, 1.82) is 0 Å².